The molecule has 0 amide bonds. The van der Waals surface area contributed by atoms with E-state index in [0.717, 1.165) is 22.8 Å². The lowest BCUT2D eigenvalue weighted by atomic mass is 10.2. The molecule has 2 aromatic rings. The maximum Gasteiger partial charge on any atom is 0.125 e. The number of aryl methyl sites for hydroxylation is 3. The van der Waals surface area contributed by atoms with Crippen molar-refractivity contribution < 1.29 is 0 Å². The van der Waals surface area contributed by atoms with Gasteiger partial charge in [0.25, 0.3) is 0 Å². The van der Waals surface area contributed by atoms with Crippen molar-refractivity contribution in [2.45, 2.75) is 24.5 Å². The van der Waals surface area contributed by atoms with E-state index in [1.807, 2.05) is 14.0 Å². The summed E-state index contributed by atoms with van der Waals surface area (Å²) in [7, 11) is 1.88. The maximum atomic E-state index is 5.98. The van der Waals surface area contributed by atoms with Crippen LogP contribution in [0.5, 0.6) is 0 Å². The molecule has 0 saturated carbocycles. The molecule has 0 spiro atoms. The van der Waals surface area contributed by atoms with Crippen LogP contribution in [0.1, 0.15) is 16.8 Å². The van der Waals surface area contributed by atoms with Crippen molar-refractivity contribution in [2.75, 3.05) is 5.73 Å². The number of rotatable bonds is 3. The first-order valence-electron chi connectivity index (χ1n) is 5.55. The number of thioether (sulfide) groups is 1. The molecule has 0 unspecified atom stereocenters. The Morgan fingerprint density at radius 1 is 1.24 bits per heavy atom. The summed E-state index contributed by atoms with van der Waals surface area (Å²) in [5.74, 6) is 1.64. The molecule has 2 N–H and O–H groups in total. The van der Waals surface area contributed by atoms with Gasteiger partial charge >= 0.3 is 0 Å². The van der Waals surface area contributed by atoms with Gasteiger partial charge in [-0.3, -0.25) is 4.68 Å². The van der Waals surface area contributed by atoms with Crippen LogP contribution >= 0.6 is 11.8 Å². The fourth-order valence-electron chi connectivity index (χ4n) is 1.69. The van der Waals surface area contributed by atoms with Crippen molar-refractivity contribution >= 4 is 17.6 Å². The predicted octanol–water partition coefficient (Wildman–Crippen LogP) is 2.91. The molecule has 4 heteroatoms. The topological polar surface area (TPSA) is 43.8 Å². The molecule has 0 fully saturated rings. The normalized spacial score (nSPS) is 10.8. The van der Waals surface area contributed by atoms with Crippen LogP contribution in [0.4, 0.5) is 5.82 Å². The van der Waals surface area contributed by atoms with Crippen LogP contribution in [0.2, 0.25) is 0 Å². The molecule has 0 bridgehead atoms. The van der Waals surface area contributed by atoms with Gasteiger partial charge in [0.2, 0.25) is 0 Å². The zero-order valence-corrected chi connectivity index (χ0v) is 11.2. The molecule has 3 nitrogen and oxygen atoms in total. The number of hydrogen-bond acceptors (Lipinski definition) is 3. The summed E-state index contributed by atoms with van der Waals surface area (Å²) in [6.07, 6.45) is 0. The van der Waals surface area contributed by atoms with Gasteiger partial charge in [0.15, 0.2) is 0 Å². The van der Waals surface area contributed by atoms with Crippen molar-refractivity contribution in [1.29, 1.82) is 0 Å². The first-order valence-corrected chi connectivity index (χ1v) is 6.54. The molecule has 0 atom stereocenters. The molecule has 17 heavy (non-hydrogen) atoms. The van der Waals surface area contributed by atoms with Gasteiger partial charge < -0.3 is 5.73 Å². The van der Waals surface area contributed by atoms with E-state index < -0.39 is 0 Å². The average molecular weight is 247 g/mol. The lowest BCUT2D eigenvalue weighted by molar-refractivity contribution is 0.767. The number of anilines is 1. The second kappa shape index (κ2) is 4.84. The third-order valence-corrected chi connectivity index (χ3v) is 3.84. The summed E-state index contributed by atoms with van der Waals surface area (Å²) in [6.45, 7) is 4.10. The van der Waals surface area contributed by atoms with Crippen LogP contribution in [0, 0.1) is 13.8 Å². The quantitative estimate of drug-likeness (QED) is 0.848. The summed E-state index contributed by atoms with van der Waals surface area (Å²) in [6, 6.07) is 8.54. The Kier molecular flexibility index (Phi) is 3.43. The first kappa shape index (κ1) is 12.0. The van der Waals surface area contributed by atoms with Gasteiger partial charge in [0.1, 0.15) is 5.82 Å². The molecule has 2 rings (SSSR count). The first-order chi connectivity index (χ1) is 8.08. The van der Waals surface area contributed by atoms with Crippen LogP contribution in [0.3, 0.4) is 0 Å². The van der Waals surface area contributed by atoms with Gasteiger partial charge in [0, 0.05) is 23.3 Å². The minimum atomic E-state index is 0.766. The minimum absolute atomic E-state index is 0.766. The Hall–Kier alpha value is -1.42. The fourth-order valence-corrected chi connectivity index (χ4v) is 2.68. The van der Waals surface area contributed by atoms with Gasteiger partial charge in [-0.05, 0) is 26.0 Å². The molecule has 1 aromatic carbocycles. The van der Waals surface area contributed by atoms with Crippen molar-refractivity contribution in [3.05, 3.63) is 41.1 Å². The predicted molar refractivity (Wildman–Crippen MR) is 73.1 cm³/mol. The van der Waals surface area contributed by atoms with Crippen molar-refractivity contribution in [3.63, 3.8) is 0 Å². The molecule has 0 aliphatic carbocycles. The number of nitrogens with two attached hydrogens (primary N) is 1. The highest BCUT2D eigenvalue weighted by molar-refractivity contribution is 7.98. The highest BCUT2D eigenvalue weighted by Crippen LogP contribution is 2.27. The molecule has 0 aliphatic heterocycles. The number of benzene rings is 1. The molecule has 0 aliphatic rings. The monoisotopic (exact) mass is 247 g/mol. The van der Waals surface area contributed by atoms with E-state index in [-0.39, 0.29) is 0 Å². The summed E-state index contributed by atoms with van der Waals surface area (Å²) in [5, 5.41) is 4.32. The number of nitrogens with zero attached hydrogens (tertiary/aromatic N) is 2. The van der Waals surface area contributed by atoms with E-state index in [2.05, 4.69) is 36.3 Å². The molecule has 0 saturated heterocycles. The van der Waals surface area contributed by atoms with E-state index in [4.69, 9.17) is 5.73 Å². The molecule has 1 aromatic heterocycles. The van der Waals surface area contributed by atoms with Gasteiger partial charge in [-0.25, -0.2) is 0 Å². The van der Waals surface area contributed by atoms with Crippen LogP contribution in [-0.2, 0) is 12.8 Å². The average Bonchev–Trinajstić information content (AvgIpc) is 2.54. The lowest BCUT2D eigenvalue weighted by Crippen LogP contribution is -1.98. The van der Waals surface area contributed by atoms with Crippen LogP contribution in [-0.4, -0.2) is 9.78 Å². The van der Waals surface area contributed by atoms with E-state index in [0.29, 0.717) is 0 Å². The third-order valence-electron chi connectivity index (χ3n) is 2.80. The van der Waals surface area contributed by atoms with E-state index >= 15 is 0 Å². The van der Waals surface area contributed by atoms with Crippen molar-refractivity contribution in [2.24, 2.45) is 7.05 Å². The van der Waals surface area contributed by atoms with Gasteiger partial charge in [-0.2, -0.15) is 5.10 Å². The largest absolute Gasteiger partial charge is 0.384 e. The molecular weight excluding hydrogens is 230 g/mol. The van der Waals surface area contributed by atoms with Gasteiger partial charge in [-0.15, -0.1) is 11.8 Å². The lowest BCUT2D eigenvalue weighted by Gasteiger charge is -2.03. The highest BCUT2D eigenvalue weighted by Gasteiger charge is 2.10. The summed E-state index contributed by atoms with van der Waals surface area (Å²) in [5.41, 5.74) is 9.42. The molecule has 90 valence electrons. The second-order valence-corrected chi connectivity index (χ2v) is 5.22. The minimum Gasteiger partial charge on any atom is -0.384 e. The molecule has 1 heterocycles. The van der Waals surface area contributed by atoms with E-state index in [9.17, 15) is 0 Å². The van der Waals surface area contributed by atoms with Crippen LogP contribution < -0.4 is 5.73 Å². The summed E-state index contributed by atoms with van der Waals surface area (Å²) < 4.78 is 1.74. The standard InChI is InChI=1S/C13H17N3S/c1-9-4-6-11(7-5-9)17-8-12-10(2)15-16(3)13(12)14/h4-7H,8,14H2,1-3H3. The number of aromatic nitrogens is 2. The fraction of sp³-hybridized carbons (Fsp3) is 0.308. The summed E-state index contributed by atoms with van der Waals surface area (Å²) >= 11 is 1.79. The van der Waals surface area contributed by atoms with Crippen LogP contribution in [0.15, 0.2) is 29.2 Å². The summed E-state index contributed by atoms with van der Waals surface area (Å²) in [4.78, 5) is 1.26. The molecule has 0 radical (unpaired) electrons. The number of nitrogen functional groups attached to an aromatic ring is 1. The van der Waals surface area contributed by atoms with Gasteiger partial charge in [0.05, 0.1) is 5.69 Å². The van der Waals surface area contributed by atoms with Crippen molar-refractivity contribution in [1.82, 2.24) is 9.78 Å². The maximum absolute atomic E-state index is 5.98. The van der Waals surface area contributed by atoms with E-state index in [1.54, 1.807) is 16.4 Å². The number of hydrogen-bond donors (Lipinski definition) is 1. The Bertz CT molecular complexity index is 514. The third kappa shape index (κ3) is 2.64. The Balaban J connectivity index is 2.09. The SMILES string of the molecule is Cc1ccc(SCc2c(C)nn(C)c2N)cc1. The second-order valence-electron chi connectivity index (χ2n) is 4.17. The molecular formula is C13H17N3S. The van der Waals surface area contributed by atoms with Crippen LogP contribution in [0.25, 0.3) is 0 Å². The smallest absolute Gasteiger partial charge is 0.125 e. The highest BCUT2D eigenvalue weighted by atomic mass is 32.2. The zero-order valence-electron chi connectivity index (χ0n) is 10.4. The van der Waals surface area contributed by atoms with E-state index in [1.165, 1.54) is 10.5 Å². The Morgan fingerprint density at radius 3 is 2.41 bits per heavy atom. The van der Waals surface area contributed by atoms with Gasteiger partial charge in [-0.1, -0.05) is 17.7 Å². The Morgan fingerprint density at radius 2 is 1.88 bits per heavy atom. The zero-order chi connectivity index (χ0) is 12.4. The van der Waals surface area contributed by atoms with Crippen molar-refractivity contribution in [3.8, 4) is 0 Å². The Labute approximate surface area is 106 Å².